The van der Waals surface area contributed by atoms with Gasteiger partial charge in [-0.25, -0.2) is 4.98 Å². The summed E-state index contributed by atoms with van der Waals surface area (Å²) in [6.45, 7) is 7.05. The molecule has 0 spiro atoms. The van der Waals surface area contributed by atoms with Gasteiger partial charge in [0.2, 0.25) is 65.0 Å². The summed E-state index contributed by atoms with van der Waals surface area (Å²) in [4.78, 5) is 224. The molecule has 0 radical (unpaired) electrons. The van der Waals surface area contributed by atoms with Crippen molar-refractivity contribution in [2.24, 2.45) is 17.6 Å². The van der Waals surface area contributed by atoms with Crippen molar-refractivity contribution < 1.29 is 97.1 Å². The number of amides is 12. The highest BCUT2D eigenvalue weighted by Crippen LogP contribution is 2.24. The summed E-state index contributed by atoms with van der Waals surface area (Å²) >= 11 is 1.09. The monoisotopic (exact) mass is 1420 g/mol. The fourth-order valence-corrected chi connectivity index (χ4v) is 12.2. The molecular formula is C63H99N15O20S. The van der Waals surface area contributed by atoms with Crippen LogP contribution in [-0.2, 0) is 71.9 Å². The number of carboxylic acids is 4. The molecule has 12 atom stereocenters. The molecule has 0 aromatic carbocycles. The average Bonchev–Trinajstić information content (AvgIpc) is 1.64. The van der Waals surface area contributed by atoms with E-state index in [0.717, 1.165) is 53.7 Å². The molecule has 3 saturated heterocycles. The van der Waals surface area contributed by atoms with E-state index in [1.54, 1.807) is 13.8 Å². The molecule has 0 bridgehead atoms. The van der Waals surface area contributed by atoms with Crippen LogP contribution in [0.5, 0.6) is 0 Å². The van der Waals surface area contributed by atoms with Crippen LogP contribution in [0.2, 0.25) is 0 Å². The summed E-state index contributed by atoms with van der Waals surface area (Å²) in [5.74, 6) is -22.9. The molecule has 3 aliphatic rings. The number of carbonyl (C=O) groups excluding carboxylic acids is 12. The number of rotatable bonds is 28. The fraction of sp³-hybridized carbons (Fsp3) is 0.698. The van der Waals surface area contributed by atoms with Crippen molar-refractivity contribution in [2.45, 2.75) is 236 Å². The number of hydrogen-bond donors (Lipinski definition) is 16. The van der Waals surface area contributed by atoms with E-state index in [-0.39, 0.29) is 50.9 Å². The second-order valence-electron chi connectivity index (χ2n) is 25.6. The van der Waals surface area contributed by atoms with Crippen molar-refractivity contribution in [1.82, 2.24) is 68.0 Å². The number of fused-ring (bicyclic) bond motifs is 2. The van der Waals surface area contributed by atoms with Crippen LogP contribution < -0.4 is 64.2 Å². The van der Waals surface area contributed by atoms with Crippen LogP contribution in [0.4, 0.5) is 5.13 Å². The average molecular weight is 1420 g/mol. The Balaban J connectivity index is 1.73. The summed E-state index contributed by atoms with van der Waals surface area (Å²) in [5, 5.41) is 67.5. The Hall–Kier alpha value is -9.09. The van der Waals surface area contributed by atoms with Crippen LogP contribution >= 0.6 is 11.3 Å². The highest BCUT2D eigenvalue weighted by molar-refractivity contribution is 7.13. The molecule has 1 aromatic heterocycles. The molecule has 0 saturated carbocycles. The second-order valence-corrected chi connectivity index (χ2v) is 26.4. The molecule has 36 heteroatoms. The van der Waals surface area contributed by atoms with Crippen molar-refractivity contribution in [3.63, 3.8) is 0 Å². The predicted molar refractivity (Wildman–Crippen MR) is 354 cm³/mol. The highest BCUT2D eigenvalue weighted by atomic mass is 32.1. The quantitative estimate of drug-likeness (QED) is 0.0426. The van der Waals surface area contributed by atoms with E-state index < -0.39 is 205 Å². The van der Waals surface area contributed by atoms with Crippen LogP contribution in [-0.4, -0.2) is 229 Å². The Bertz CT molecular complexity index is 3040. The lowest BCUT2D eigenvalue weighted by atomic mass is 9.96. The molecule has 12 unspecified atom stereocenters. The Morgan fingerprint density at radius 2 is 1.10 bits per heavy atom. The summed E-state index contributed by atoms with van der Waals surface area (Å²) < 4.78 is 0. The number of aromatic nitrogens is 1. The largest absolute Gasteiger partial charge is 0.481 e. The minimum atomic E-state index is -2.16. The molecule has 99 heavy (non-hydrogen) atoms. The molecule has 4 rings (SSSR count). The van der Waals surface area contributed by atoms with Gasteiger partial charge in [0.05, 0.1) is 44.3 Å². The normalized spacial score (nSPS) is 24.1. The van der Waals surface area contributed by atoms with Gasteiger partial charge in [-0.2, -0.15) is 0 Å². The Morgan fingerprint density at radius 1 is 0.596 bits per heavy atom. The molecule has 0 aliphatic carbocycles. The van der Waals surface area contributed by atoms with Gasteiger partial charge in [-0.05, 0) is 65.2 Å². The molecule has 3 fully saturated rings. The molecular weight excluding hydrogens is 1320 g/mol. The summed E-state index contributed by atoms with van der Waals surface area (Å²) in [7, 11) is 0. The molecule has 3 aliphatic heterocycles. The minimum absolute atomic E-state index is 0.00877. The predicted octanol–water partition coefficient (Wildman–Crippen LogP) is -1.47. The highest BCUT2D eigenvalue weighted by Gasteiger charge is 2.45. The van der Waals surface area contributed by atoms with Gasteiger partial charge >= 0.3 is 23.9 Å². The zero-order valence-corrected chi connectivity index (χ0v) is 57.7. The zero-order valence-electron chi connectivity index (χ0n) is 56.9. The van der Waals surface area contributed by atoms with E-state index >= 15 is 4.79 Å². The topological polar surface area (TPSA) is 532 Å². The number of carboxylic acid groups (broad SMARTS) is 4. The molecule has 12 amide bonds. The first-order valence-corrected chi connectivity index (χ1v) is 34.6. The summed E-state index contributed by atoms with van der Waals surface area (Å²) in [5.41, 5.74) is 5.95. The maximum atomic E-state index is 15.3. The summed E-state index contributed by atoms with van der Waals surface area (Å²) in [6.07, 6.45) is 10.9. The number of nitrogens with zero attached hydrogens (tertiary/aromatic N) is 3. The number of piperidine rings is 1. The second kappa shape index (κ2) is 41.3. The van der Waals surface area contributed by atoms with Crippen molar-refractivity contribution in [2.75, 3.05) is 38.0 Å². The van der Waals surface area contributed by atoms with E-state index in [2.05, 4.69) is 59.8 Å². The molecule has 552 valence electrons. The fourth-order valence-electron chi connectivity index (χ4n) is 11.5. The minimum Gasteiger partial charge on any atom is -0.481 e. The number of thiazole rings is 1. The van der Waals surface area contributed by atoms with Gasteiger partial charge < -0.3 is 94.4 Å². The van der Waals surface area contributed by atoms with E-state index in [9.17, 15) is 92.3 Å². The number of anilines is 1. The SMILES string of the molecule is CCCCCCCCCCCCCCNc1nc(C(=O)NC(CC(=O)O)C(=O)NC2C(=O)N3CCCCC3C(=O)NC(C(C)C(=O)O)C(=O)NC(CC(=O)O)C(=O)NCC(=O)NC(CC(=O)O)C(=O)NCC(=O)NC(C(C)N)C(=O)NC(C(C)C)C(=O)N3CCCC3C(=O)NC2C)cs1. The molecule has 17 N–H and O–H groups in total. The van der Waals surface area contributed by atoms with Crippen molar-refractivity contribution in [1.29, 1.82) is 0 Å². The van der Waals surface area contributed by atoms with Crippen molar-refractivity contribution in [3.8, 4) is 0 Å². The van der Waals surface area contributed by atoms with E-state index in [1.165, 1.54) is 70.6 Å². The number of aliphatic carboxylic acids is 4. The maximum absolute atomic E-state index is 15.3. The van der Waals surface area contributed by atoms with Gasteiger partial charge in [-0.15, -0.1) is 11.3 Å². The first-order valence-electron chi connectivity index (χ1n) is 33.8. The smallest absolute Gasteiger partial charge is 0.308 e. The van der Waals surface area contributed by atoms with Gasteiger partial charge in [0.25, 0.3) is 5.91 Å². The number of nitrogens with one attached hydrogen (secondary N) is 11. The molecule has 1 aromatic rings. The molecule has 35 nitrogen and oxygen atoms in total. The van der Waals surface area contributed by atoms with Crippen LogP contribution in [0.1, 0.15) is 180 Å². The third-order valence-electron chi connectivity index (χ3n) is 17.1. The first-order chi connectivity index (χ1) is 46.8. The zero-order chi connectivity index (χ0) is 73.6. The van der Waals surface area contributed by atoms with E-state index in [0.29, 0.717) is 11.7 Å². The number of carbonyl (C=O) groups is 16. The lowest BCUT2D eigenvalue weighted by Gasteiger charge is -2.39. The third-order valence-corrected chi connectivity index (χ3v) is 17.9. The van der Waals surface area contributed by atoms with Gasteiger partial charge in [0.15, 0.2) is 5.13 Å². The van der Waals surface area contributed by atoms with E-state index in [4.69, 9.17) is 5.73 Å². The van der Waals surface area contributed by atoms with Crippen LogP contribution in [0.25, 0.3) is 0 Å². The lowest BCUT2D eigenvalue weighted by molar-refractivity contribution is -0.150. The van der Waals surface area contributed by atoms with Crippen molar-refractivity contribution in [3.05, 3.63) is 11.1 Å². The maximum Gasteiger partial charge on any atom is 0.308 e. The third kappa shape index (κ3) is 26.9. The standard InChI is InChI=1S/C63H99N15O20S/c1-7-8-9-10-11-12-13-14-15-16-17-19-24-65-63-72-40(32-99-63)55(90)70-39(29-47(85)86)54(89)76-51-36(6)68-56(91)42-23-21-26-78(42)60(95)48(33(2)3)74-59(94)50(35(5)64)73-44(80)31-67-52(87)37(27-45(81)82)69-43(79)30-66-53(88)38(28-46(83)84)71-58(93)49(34(4)62(97)98)75-57(92)41-22-18-20-25-77(41)61(51)96/h32-39,41-42,48-51H,7-31,64H2,1-6H3,(H,65,72)(H,66,88)(H,67,87)(H,68,91)(H,69,79)(H,70,90)(H,71,93)(H,73,80)(H,74,94)(H,75,92)(H,76,89)(H,81,82)(H,83,84)(H,85,86)(H,97,98). The Morgan fingerprint density at radius 3 is 1.65 bits per heavy atom. The van der Waals surface area contributed by atoms with Crippen LogP contribution in [0.3, 0.4) is 0 Å². The Labute approximate surface area is 577 Å². The Kier molecular flexibility index (Phi) is 34.4. The van der Waals surface area contributed by atoms with E-state index in [1.807, 2.05) is 10.6 Å². The molecule has 4 heterocycles. The first kappa shape index (κ1) is 82.3. The number of nitrogens with two attached hydrogens (primary N) is 1. The number of unbranched alkanes of at least 4 members (excludes halogenated alkanes) is 11. The number of hydrogen-bond acceptors (Lipinski definition) is 20. The van der Waals surface area contributed by atoms with Crippen LogP contribution in [0.15, 0.2) is 5.38 Å². The van der Waals surface area contributed by atoms with Crippen LogP contribution in [0, 0.1) is 11.8 Å². The van der Waals surface area contributed by atoms with Gasteiger partial charge in [0.1, 0.15) is 60.1 Å². The van der Waals surface area contributed by atoms with Gasteiger partial charge in [-0.1, -0.05) is 91.4 Å². The van der Waals surface area contributed by atoms with Crippen molar-refractivity contribution >= 4 is 111 Å². The van der Waals surface area contributed by atoms with Gasteiger partial charge in [-0.3, -0.25) is 76.7 Å². The van der Waals surface area contributed by atoms with Gasteiger partial charge in [0, 0.05) is 31.1 Å². The lowest BCUT2D eigenvalue weighted by Crippen LogP contribution is -2.66. The summed E-state index contributed by atoms with van der Waals surface area (Å²) in [6, 6.07) is -18.8.